The van der Waals surface area contributed by atoms with E-state index in [-0.39, 0.29) is 22.8 Å². The van der Waals surface area contributed by atoms with Crippen molar-refractivity contribution in [1.82, 2.24) is 14.1 Å². The summed E-state index contributed by atoms with van der Waals surface area (Å²) in [5.74, 6) is -0.826. The highest BCUT2D eigenvalue weighted by Crippen LogP contribution is 2.10. The summed E-state index contributed by atoms with van der Waals surface area (Å²) in [6.45, 7) is 0.992. The fourth-order valence-electron chi connectivity index (χ4n) is 2.48. The van der Waals surface area contributed by atoms with Gasteiger partial charge < -0.3 is 4.74 Å². The standard InChI is InChI=1S/C19H16N4O5S/c1-13-2-7-17-22-15(8-18(24)23(17)11-13)12-28-19(25)10-21-29(26,27)16-5-3-14(9-20)4-6-16/h2-8,11,21H,10,12H2,1H3. The highest BCUT2D eigenvalue weighted by Gasteiger charge is 2.16. The van der Waals surface area contributed by atoms with Gasteiger partial charge in [-0.15, -0.1) is 0 Å². The number of aryl methyl sites for hydroxylation is 1. The van der Waals surface area contributed by atoms with E-state index in [2.05, 4.69) is 9.71 Å². The molecule has 0 aliphatic heterocycles. The molecule has 1 aromatic carbocycles. The Morgan fingerprint density at radius 1 is 1.24 bits per heavy atom. The summed E-state index contributed by atoms with van der Waals surface area (Å²) in [6, 6.07) is 11.9. The zero-order chi connectivity index (χ0) is 21.0. The molecule has 9 nitrogen and oxygen atoms in total. The molecule has 0 fully saturated rings. The zero-order valence-corrected chi connectivity index (χ0v) is 16.1. The Kier molecular flexibility index (Phi) is 5.72. The minimum atomic E-state index is -3.93. The van der Waals surface area contributed by atoms with Gasteiger partial charge in [0.2, 0.25) is 10.0 Å². The third kappa shape index (κ3) is 4.84. The average Bonchev–Trinajstić information content (AvgIpc) is 2.71. The molecule has 0 radical (unpaired) electrons. The number of nitriles is 1. The summed E-state index contributed by atoms with van der Waals surface area (Å²) in [6.07, 6.45) is 1.65. The lowest BCUT2D eigenvalue weighted by Gasteiger charge is -2.08. The Balaban J connectivity index is 1.61. The molecule has 0 saturated heterocycles. The SMILES string of the molecule is Cc1ccc2nc(COC(=O)CNS(=O)(=O)c3ccc(C#N)cc3)cc(=O)n2c1. The number of carbonyl (C=O) groups excluding carboxylic acids is 1. The van der Waals surface area contributed by atoms with Crippen LogP contribution >= 0.6 is 0 Å². The van der Waals surface area contributed by atoms with Gasteiger partial charge in [0.25, 0.3) is 5.56 Å². The minimum Gasteiger partial charge on any atom is -0.458 e. The maximum absolute atomic E-state index is 12.2. The number of esters is 1. The van der Waals surface area contributed by atoms with E-state index in [1.165, 1.54) is 34.7 Å². The number of sulfonamides is 1. The topological polar surface area (TPSA) is 131 Å². The second-order valence-electron chi connectivity index (χ2n) is 6.14. The Hall–Kier alpha value is -3.55. The molecule has 0 atom stereocenters. The molecule has 3 rings (SSSR count). The van der Waals surface area contributed by atoms with E-state index in [0.717, 1.165) is 5.56 Å². The number of hydrogen-bond acceptors (Lipinski definition) is 7. The van der Waals surface area contributed by atoms with E-state index in [1.54, 1.807) is 18.3 Å². The molecule has 2 heterocycles. The van der Waals surface area contributed by atoms with Crippen LogP contribution in [0.3, 0.4) is 0 Å². The first-order chi connectivity index (χ1) is 13.8. The van der Waals surface area contributed by atoms with Crippen LogP contribution in [0.25, 0.3) is 5.65 Å². The summed E-state index contributed by atoms with van der Waals surface area (Å²) in [5, 5.41) is 8.75. The van der Waals surface area contributed by atoms with E-state index >= 15 is 0 Å². The molecule has 1 N–H and O–H groups in total. The van der Waals surface area contributed by atoms with Crippen LogP contribution < -0.4 is 10.3 Å². The van der Waals surface area contributed by atoms with Gasteiger partial charge in [0.15, 0.2) is 0 Å². The number of ether oxygens (including phenoxy) is 1. The van der Waals surface area contributed by atoms with Crippen LogP contribution in [0.2, 0.25) is 0 Å². The normalized spacial score (nSPS) is 11.2. The van der Waals surface area contributed by atoms with Crippen molar-refractivity contribution in [2.45, 2.75) is 18.4 Å². The summed E-state index contributed by atoms with van der Waals surface area (Å²) in [7, 11) is -3.93. The number of carbonyl (C=O) groups is 1. The molecule has 0 aliphatic carbocycles. The summed E-state index contributed by atoms with van der Waals surface area (Å²) >= 11 is 0. The average molecular weight is 412 g/mol. The summed E-state index contributed by atoms with van der Waals surface area (Å²) in [5.41, 5.74) is 1.57. The molecule has 29 heavy (non-hydrogen) atoms. The first-order valence-electron chi connectivity index (χ1n) is 8.43. The number of aromatic nitrogens is 2. The largest absolute Gasteiger partial charge is 0.458 e. The van der Waals surface area contributed by atoms with Gasteiger partial charge in [0.1, 0.15) is 18.8 Å². The Labute approximate surface area is 166 Å². The maximum Gasteiger partial charge on any atom is 0.321 e. The second kappa shape index (κ2) is 8.22. The molecular formula is C19H16N4O5S. The van der Waals surface area contributed by atoms with Crippen molar-refractivity contribution in [3.8, 4) is 6.07 Å². The van der Waals surface area contributed by atoms with Crippen molar-refractivity contribution in [1.29, 1.82) is 5.26 Å². The van der Waals surface area contributed by atoms with Gasteiger partial charge in [-0.25, -0.2) is 13.4 Å². The van der Waals surface area contributed by atoms with E-state index in [0.29, 0.717) is 11.2 Å². The number of hydrogen-bond donors (Lipinski definition) is 1. The van der Waals surface area contributed by atoms with E-state index < -0.39 is 22.5 Å². The minimum absolute atomic E-state index is 0.0798. The second-order valence-corrected chi connectivity index (χ2v) is 7.91. The van der Waals surface area contributed by atoms with Gasteiger partial charge >= 0.3 is 5.97 Å². The molecule has 2 aromatic heterocycles. The van der Waals surface area contributed by atoms with Gasteiger partial charge in [0.05, 0.1) is 22.2 Å². The number of nitrogens with zero attached hydrogens (tertiary/aromatic N) is 3. The number of rotatable bonds is 6. The van der Waals surface area contributed by atoms with Crippen molar-refractivity contribution in [2.75, 3.05) is 6.54 Å². The smallest absolute Gasteiger partial charge is 0.321 e. The van der Waals surface area contributed by atoms with Gasteiger partial charge in [-0.3, -0.25) is 14.0 Å². The van der Waals surface area contributed by atoms with Gasteiger partial charge in [-0.2, -0.15) is 9.98 Å². The van der Waals surface area contributed by atoms with E-state index in [4.69, 9.17) is 10.00 Å². The third-order valence-electron chi connectivity index (χ3n) is 3.94. The third-order valence-corrected chi connectivity index (χ3v) is 5.36. The summed E-state index contributed by atoms with van der Waals surface area (Å²) in [4.78, 5) is 28.2. The van der Waals surface area contributed by atoms with E-state index in [1.807, 2.05) is 13.0 Å². The summed E-state index contributed by atoms with van der Waals surface area (Å²) < 4.78 is 32.9. The molecule has 0 spiro atoms. The molecule has 0 saturated carbocycles. The predicted octanol–water partition coefficient (Wildman–Crippen LogP) is 0.896. The highest BCUT2D eigenvalue weighted by molar-refractivity contribution is 7.89. The monoisotopic (exact) mass is 412 g/mol. The lowest BCUT2D eigenvalue weighted by atomic mass is 10.2. The Bertz CT molecular complexity index is 1270. The van der Waals surface area contributed by atoms with Crippen LogP contribution in [0.1, 0.15) is 16.8 Å². The Morgan fingerprint density at radius 2 is 1.97 bits per heavy atom. The van der Waals surface area contributed by atoms with Crippen molar-refractivity contribution in [2.24, 2.45) is 0 Å². The lowest BCUT2D eigenvalue weighted by molar-refractivity contribution is -0.143. The predicted molar refractivity (Wildman–Crippen MR) is 102 cm³/mol. The number of nitrogens with one attached hydrogen (secondary N) is 1. The molecule has 0 bridgehead atoms. The van der Waals surface area contributed by atoms with Crippen LogP contribution in [0, 0.1) is 18.3 Å². The molecule has 3 aromatic rings. The van der Waals surface area contributed by atoms with Crippen molar-refractivity contribution in [3.63, 3.8) is 0 Å². The first kappa shape index (κ1) is 20.2. The maximum atomic E-state index is 12.2. The highest BCUT2D eigenvalue weighted by atomic mass is 32.2. The van der Waals surface area contributed by atoms with Crippen LogP contribution in [-0.2, 0) is 26.2 Å². The molecular weight excluding hydrogens is 396 g/mol. The van der Waals surface area contributed by atoms with Crippen LogP contribution in [0.15, 0.2) is 58.4 Å². The van der Waals surface area contributed by atoms with E-state index in [9.17, 15) is 18.0 Å². The number of benzene rings is 1. The van der Waals surface area contributed by atoms with Crippen molar-refractivity contribution in [3.05, 3.63) is 75.8 Å². The zero-order valence-electron chi connectivity index (χ0n) is 15.3. The molecule has 148 valence electrons. The number of fused-ring (bicyclic) bond motifs is 1. The quantitative estimate of drug-likeness (QED) is 0.595. The van der Waals surface area contributed by atoms with Gasteiger partial charge in [-0.1, -0.05) is 6.07 Å². The molecule has 10 heteroatoms. The number of pyridine rings is 1. The van der Waals surface area contributed by atoms with Gasteiger partial charge in [-0.05, 0) is 42.8 Å². The van der Waals surface area contributed by atoms with Crippen molar-refractivity contribution >= 4 is 21.6 Å². The fourth-order valence-corrected chi connectivity index (χ4v) is 3.45. The van der Waals surface area contributed by atoms with Crippen LogP contribution in [-0.4, -0.2) is 30.3 Å². The lowest BCUT2D eigenvalue weighted by Crippen LogP contribution is -2.30. The first-order valence-corrected chi connectivity index (χ1v) is 9.91. The molecule has 0 aliphatic rings. The van der Waals surface area contributed by atoms with Crippen molar-refractivity contribution < 1.29 is 17.9 Å². The van der Waals surface area contributed by atoms with Crippen LogP contribution in [0.4, 0.5) is 0 Å². The molecule has 0 unspecified atom stereocenters. The Morgan fingerprint density at radius 3 is 2.66 bits per heavy atom. The van der Waals surface area contributed by atoms with Gasteiger partial charge in [0, 0.05) is 12.3 Å². The van der Waals surface area contributed by atoms with Crippen LogP contribution in [0.5, 0.6) is 0 Å². The fraction of sp³-hybridized carbons (Fsp3) is 0.158. The molecule has 0 amide bonds.